The normalized spacial score (nSPS) is 13.7. The van der Waals surface area contributed by atoms with Crippen LogP contribution >= 0.6 is 0 Å². The van der Waals surface area contributed by atoms with E-state index in [0.717, 1.165) is 45.7 Å². The number of ether oxygens (including phenoxy) is 7. The highest BCUT2D eigenvalue weighted by Gasteiger charge is 2.48. The van der Waals surface area contributed by atoms with Gasteiger partial charge in [-0.1, -0.05) is 60.7 Å². The Hall–Kier alpha value is -4.29. The number of rotatable bonds is 16. The molecule has 0 saturated heterocycles. The fraction of sp³-hybridized carbons (Fsp3) is 0.433. The topological polar surface area (TPSA) is 150 Å². The van der Waals surface area contributed by atoms with Crippen LogP contribution in [0.2, 0.25) is 0 Å². The van der Waals surface area contributed by atoms with Crippen LogP contribution in [0.5, 0.6) is 0 Å². The predicted octanol–water partition coefficient (Wildman–Crippen LogP) is 3.04. The van der Waals surface area contributed by atoms with E-state index in [1.165, 1.54) is 0 Å². The van der Waals surface area contributed by atoms with Crippen molar-refractivity contribution in [3.05, 3.63) is 71.8 Å². The van der Waals surface area contributed by atoms with Crippen molar-refractivity contribution in [3.63, 3.8) is 0 Å². The van der Waals surface area contributed by atoms with Crippen molar-refractivity contribution in [1.29, 1.82) is 0 Å². The largest absolute Gasteiger partial charge is 0.462 e. The summed E-state index contributed by atoms with van der Waals surface area (Å²) in [5.41, 5.74) is 1.50. The Morgan fingerprint density at radius 1 is 0.524 bits per heavy atom. The minimum atomic E-state index is -1.65. The third kappa shape index (κ3) is 12.5. The molecule has 0 aliphatic carbocycles. The quantitative estimate of drug-likeness (QED) is 0.161. The van der Waals surface area contributed by atoms with Gasteiger partial charge in [0, 0.05) is 34.6 Å². The molecule has 4 atom stereocenters. The third-order valence-electron chi connectivity index (χ3n) is 5.47. The molecule has 2 rings (SSSR count). The number of hydrogen-bond acceptors (Lipinski definition) is 12. The number of carbonyl (C=O) groups is 5. The molecule has 42 heavy (non-hydrogen) atoms. The van der Waals surface area contributed by atoms with Crippen molar-refractivity contribution in [1.82, 2.24) is 0 Å². The van der Waals surface area contributed by atoms with Crippen LogP contribution in [0.3, 0.4) is 0 Å². The second-order valence-corrected chi connectivity index (χ2v) is 9.13. The molecular formula is C30H36O12. The van der Waals surface area contributed by atoms with Crippen LogP contribution in [0.4, 0.5) is 0 Å². The highest BCUT2D eigenvalue weighted by atomic mass is 16.7. The molecule has 0 aliphatic heterocycles. The Kier molecular flexibility index (Phi) is 14.1. The highest BCUT2D eigenvalue weighted by Crippen LogP contribution is 2.25. The van der Waals surface area contributed by atoms with E-state index >= 15 is 0 Å². The first-order chi connectivity index (χ1) is 20.0. The van der Waals surface area contributed by atoms with Gasteiger partial charge in [0.1, 0.15) is 6.61 Å². The molecular weight excluding hydrogens is 552 g/mol. The van der Waals surface area contributed by atoms with Crippen LogP contribution in [0.25, 0.3) is 0 Å². The van der Waals surface area contributed by atoms with Crippen LogP contribution < -0.4 is 0 Å². The fourth-order valence-corrected chi connectivity index (χ4v) is 3.88. The molecule has 228 valence electrons. The molecule has 0 aromatic heterocycles. The van der Waals surface area contributed by atoms with Gasteiger partial charge >= 0.3 is 29.8 Å². The van der Waals surface area contributed by atoms with Crippen LogP contribution in [-0.4, -0.2) is 67.2 Å². The van der Waals surface area contributed by atoms with Gasteiger partial charge in [0.05, 0.1) is 13.2 Å². The summed E-state index contributed by atoms with van der Waals surface area (Å²) in [6.07, 6.45) is -7.70. The van der Waals surface area contributed by atoms with Gasteiger partial charge in [0.2, 0.25) is 0 Å². The van der Waals surface area contributed by atoms with E-state index < -0.39 is 67.2 Å². The molecule has 0 aliphatic rings. The van der Waals surface area contributed by atoms with Crippen molar-refractivity contribution >= 4 is 29.8 Å². The van der Waals surface area contributed by atoms with E-state index in [9.17, 15) is 24.0 Å². The van der Waals surface area contributed by atoms with Crippen molar-refractivity contribution in [2.75, 3.05) is 6.61 Å². The van der Waals surface area contributed by atoms with Gasteiger partial charge in [-0.2, -0.15) is 0 Å². The Morgan fingerprint density at radius 2 is 0.929 bits per heavy atom. The van der Waals surface area contributed by atoms with Gasteiger partial charge in [-0.25, -0.2) is 0 Å². The zero-order valence-corrected chi connectivity index (χ0v) is 24.2. The van der Waals surface area contributed by atoms with Crippen molar-refractivity contribution in [2.45, 2.75) is 78.5 Å². The number of hydrogen-bond donors (Lipinski definition) is 0. The van der Waals surface area contributed by atoms with Crippen LogP contribution in [0.1, 0.15) is 45.7 Å². The van der Waals surface area contributed by atoms with Crippen molar-refractivity contribution in [3.8, 4) is 0 Å². The molecule has 12 heteroatoms. The lowest BCUT2D eigenvalue weighted by atomic mass is 10.0. The van der Waals surface area contributed by atoms with Crippen LogP contribution in [0, 0.1) is 0 Å². The third-order valence-corrected chi connectivity index (χ3v) is 5.47. The van der Waals surface area contributed by atoms with E-state index in [2.05, 4.69) is 0 Å². The molecule has 0 fully saturated rings. The summed E-state index contributed by atoms with van der Waals surface area (Å²) in [4.78, 5) is 60.5. The molecule has 0 spiro atoms. The summed E-state index contributed by atoms with van der Waals surface area (Å²) in [6.45, 7) is 4.90. The summed E-state index contributed by atoms with van der Waals surface area (Å²) < 4.78 is 39.1. The van der Waals surface area contributed by atoms with Crippen LogP contribution in [0.15, 0.2) is 60.7 Å². The molecule has 0 N–H and O–H groups in total. The summed E-state index contributed by atoms with van der Waals surface area (Å²) in [7, 11) is 0. The monoisotopic (exact) mass is 588 g/mol. The van der Waals surface area contributed by atoms with Gasteiger partial charge < -0.3 is 33.2 Å². The maximum Gasteiger partial charge on any atom is 0.303 e. The first-order valence-electron chi connectivity index (χ1n) is 13.1. The van der Waals surface area contributed by atoms with Gasteiger partial charge in [-0.3, -0.25) is 24.0 Å². The van der Waals surface area contributed by atoms with E-state index in [1.807, 2.05) is 12.1 Å². The second kappa shape index (κ2) is 17.5. The SMILES string of the molecule is CC(=O)OC[C@@H](OC(C)=O)[C@H](OC(C)=O)[C@H](OC(C)=O)[C@H](OC(C)=O)C(OCc1ccccc1)OCc1ccccc1. The first-order valence-corrected chi connectivity index (χ1v) is 13.1. The van der Waals surface area contributed by atoms with Gasteiger partial charge in [-0.05, 0) is 11.1 Å². The predicted molar refractivity (Wildman–Crippen MR) is 145 cm³/mol. The molecule has 0 heterocycles. The highest BCUT2D eigenvalue weighted by molar-refractivity contribution is 5.69. The van der Waals surface area contributed by atoms with E-state index in [-0.39, 0.29) is 13.2 Å². The summed E-state index contributed by atoms with van der Waals surface area (Å²) >= 11 is 0. The molecule has 2 aromatic carbocycles. The second-order valence-electron chi connectivity index (χ2n) is 9.13. The lowest BCUT2D eigenvalue weighted by Gasteiger charge is -2.38. The first kappa shape index (κ1) is 33.9. The zero-order chi connectivity index (χ0) is 31.1. The summed E-state index contributed by atoms with van der Waals surface area (Å²) in [5.74, 6) is -4.05. The summed E-state index contributed by atoms with van der Waals surface area (Å²) in [6, 6.07) is 18.1. The lowest BCUT2D eigenvalue weighted by molar-refractivity contribution is -0.256. The molecule has 12 nitrogen and oxygen atoms in total. The Labute approximate surface area is 244 Å². The lowest BCUT2D eigenvalue weighted by Crippen LogP contribution is -2.57. The Bertz CT molecular complexity index is 1120. The van der Waals surface area contributed by atoms with Gasteiger partial charge in [-0.15, -0.1) is 0 Å². The molecule has 0 radical (unpaired) electrons. The number of benzene rings is 2. The molecule has 0 amide bonds. The van der Waals surface area contributed by atoms with Gasteiger partial charge in [0.15, 0.2) is 30.7 Å². The minimum absolute atomic E-state index is 0.0100. The van der Waals surface area contributed by atoms with E-state index in [1.54, 1.807) is 48.5 Å². The standard InChI is InChI=1S/C30H36O12/c1-19(31)36-18-26(39-20(2)32)27(40-21(3)33)28(41-22(4)34)29(42-23(5)35)30(37-16-24-12-8-6-9-13-24)38-17-25-14-10-7-11-15-25/h6-15,26-30H,16-18H2,1-5H3/t26-,27+,28+,29+/m1/s1. The summed E-state index contributed by atoms with van der Waals surface area (Å²) in [5, 5.41) is 0. The smallest absolute Gasteiger partial charge is 0.303 e. The zero-order valence-electron chi connectivity index (χ0n) is 24.2. The Morgan fingerprint density at radius 3 is 1.33 bits per heavy atom. The van der Waals surface area contributed by atoms with Crippen LogP contribution in [-0.2, 0) is 70.3 Å². The van der Waals surface area contributed by atoms with E-state index in [0.29, 0.717) is 0 Å². The Balaban J connectivity index is 2.60. The van der Waals surface area contributed by atoms with Gasteiger partial charge in [0.25, 0.3) is 0 Å². The number of carbonyl (C=O) groups excluding carboxylic acids is 5. The minimum Gasteiger partial charge on any atom is -0.462 e. The van der Waals surface area contributed by atoms with Crippen molar-refractivity contribution in [2.24, 2.45) is 0 Å². The molecule has 0 saturated carbocycles. The fourth-order valence-electron chi connectivity index (χ4n) is 3.88. The molecule has 0 bridgehead atoms. The molecule has 2 aromatic rings. The number of esters is 5. The average molecular weight is 589 g/mol. The maximum absolute atomic E-state index is 12.4. The van der Waals surface area contributed by atoms with E-state index in [4.69, 9.17) is 33.2 Å². The molecule has 0 unspecified atom stereocenters. The van der Waals surface area contributed by atoms with Crippen molar-refractivity contribution < 1.29 is 57.1 Å². The maximum atomic E-state index is 12.4. The average Bonchev–Trinajstić information content (AvgIpc) is 2.92.